The molecule has 4 N–H and O–H groups in total. The van der Waals surface area contributed by atoms with Crippen LogP contribution in [0.4, 0.5) is 16.2 Å². The highest BCUT2D eigenvalue weighted by Crippen LogP contribution is 2.44. The molecular weight excluding hydrogens is 492 g/mol. The van der Waals surface area contributed by atoms with E-state index in [2.05, 4.69) is 25.4 Å². The van der Waals surface area contributed by atoms with Gasteiger partial charge >= 0.3 is 14.1 Å². The molecule has 1 saturated carbocycles. The molecule has 5 atom stereocenters. The number of carbonyl (C=O) groups is 1. The van der Waals surface area contributed by atoms with Gasteiger partial charge in [0.2, 0.25) is 11.8 Å². The Labute approximate surface area is 209 Å². The number of anilines is 2. The van der Waals surface area contributed by atoms with E-state index in [1.165, 1.54) is 13.3 Å². The number of ether oxygens (including phenoxy) is 2. The molecule has 2 aromatic heterocycles. The molecule has 198 valence electrons. The van der Waals surface area contributed by atoms with Crippen LogP contribution in [0.2, 0.25) is 0 Å². The first-order valence-electron chi connectivity index (χ1n) is 12.2. The van der Waals surface area contributed by atoms with Crippen molar-refractivity contribution in [1.29, 1.82) is 0 Å². The first kappa shape index (κ1) is 26.6. The van der Waals surface area contributed by atoms with Gasteiger partial charge in [0.1, 0.15) is 12.3 Å². The molecule has 0 radical (unpaired) electrons. The van der Waals surface area contributed by atoms with E-state index in [1.54, 1.807) is 18.4 Å². The van der Waals surface area contributed by atoms with Crippen molar-refractivity contribution in [3.63, 3.8) is 0 Å². The lowest BCUT2D eigenvalue weighted by Gasteiger charge is -2.20. The van der Waals surface area contributed by atoms with Crippen LogP contribution in [0, 0.1) is 5.92 Å². The van der Waals surface area contributed by atoms with Crippen molar-refractivity contribution in [2.24, 2.45) is 5.92 Å². The molecule has 1 aliphatic heterocycles. The first-order valence-corrected chi connectivity index (χ1v) is 13.4. The van der Waals surface area contributed by atoms with Crippen molar-refractivity contribution >= 4 is 37.1 Å². The lowest BCUT2D eigenvalue weighted by molar-refractivity contribution is -0.172. The molecule has 3 heterocycles. The summed E-state index contributed by atoms with van der Waals surface area (Å²) in [5, 5.41) is 5.89. The molecule has 2 fully saturated rings. The van der Waals surface area contributed by atoms with E-state index < -0.39 is 38.9 Å². The lowest BCUT2D eigenvalue weighted by atomic mass is 10.1. The molecule has 0 spiro atoms. The average Bonchev–Trinajstić information content (AvgIpc) is 3.51. The predicted octanol–water partition coefficient (Wildman–Crippen LogP) is 3.59. The van der Waals surface area contributed by atoms with E-state index in [0.29, 0.717) is 23.0 Å². The number of hydrogen-bond donors (Lipinski definition) is 3. The molecule has 4 rings (SSSR count). The number of fused-ring (bicyclic) bond motifs is 1. The summed E-state index contributed by atoms with van der Waals surface area (Å²) in [5.74, 6) is -2.41. The minimum atomic E-state index is -2.53. The van der Waals surface area contributed by atoms with Crippen molar-refractivity contribution in [2.45, 2.75) is 90.1 Å². The van der Waals surface area contributed by atoms with E-state index in [1.807, 2.05) is 6.92 Å². The maximum Gasteiger partial charge on any atom is 0.614 e. The molecule has 12 nitrogen and oxygen atoms in total. The minimum Gasteiger partial charge on any atom is -0.462 e. The number of imidazole rings is 1. The Morgan fingerprint density at radius 3 is 2.78 bits per heavy atom. The number of rotatable bonds is 10. The molecule has 2 aromatic rings. The second-order valence-electron chi connectivity index (χ2n) is 9.82. The summed E-state index contributed by atoms with van der Waals surface area (Å²) < 4.78 is 45.4. The fraction of sp³-hybridized carbons (Fsp3) is 0.727. The third-order valence-corrected chi connectivity index (χ3v) is 7.22. The zero-order valence-electron chi connectivity index (χ0n) is 20.9. The second-order valence-corrected chi connectivity index (χ2v) is 10.9. The molecule has 2 aliphatic rings. The number of nitrogens with two attached hydrogens (primary N) is 1. The Morgan fingerprint density at radius 1 is 1.36 bits per heavy atom. The zero-order chi connectivity index (χ0) is 26.0. The number of alkyl halides is 1. The predicted molar refractivity (Wildman–Crippen MR) is 131 cm³/mol. The van der Waals surface area contributed by atoms with Crippen LogP contribution >= 0.6 is 8.18 Å². The molecular formula is C22H34FN7O5P+. The lowest BCUT2D eigenvalue weighted by Crippen LogP contribution is -2.34. The largest absolute Gasteiger partial charge is 0.614 e. The van der Waals surface area contributed by atoms with Gasteiger partial charge in [0.25, 0.3) is 0 Å². The van der Waals surface area contributed by atoms with Crippen LogP contribution in [0.15, 0.2) is 6.33 Å². The maximum absolute atomic E-state index is 15.6. The summed E-state index contributed by atoms with van der Waals surface area (Å²) in [4.78, 5) is 25.0. The standard InChI is InChI=1S/C22H34FN7O5P/c1-12(2)34-20(31)14(4)29-36(32)33-10-22(23)9-13(3)19(35-22)30-11-25-16-17(26-15-7-5-6-8-15)27-21(24)28-18(16)30/h11-15,19H,5-10H2,1-4H3,(H,29,32)(H3,24,26,27,28)/q+1/t13-,14-,19+,22-/m0/s1. The van der Waals surface area contributed by atoms with Crippen LogP contribution in [0.1, 0.15) is 66.0 Å². The Balaban J connectivity index is 1.42. The summed E-state index contributed by atoms with van der Waals surface area (Å²) in [6, 6.07) is -0.576. The van der Waals surface area contributed by atoms with Gasteiger partial charge in [0.15, 0.2) is 23.6 Å². The molecule has 36 heavy (non-hydrogen) atoms. The summed E-state index contributed by atoms with van der Waals surface area (Å²) in [7, 11) is -2.53. The van der Waals surface area contributed by atoms with Crippen LogP contribution in [0.25, 0.3) is 11.2 Å². The highest BCUT2D eigenvalue weighted by atomic mass is 31.1. The van der Waals surface area contributed by atoms with Gasteiger partial charge in [-0.1, -0.05) is 24.9 Å². The Bertz CT molecular complexity index is 1110. The van der Waals surface area contributed by atoms with Crippen LogP contribution in [0.3, 0.4) is 0 Å². The van der Waals surface area contributed by atoms with E-state index in [-0.39, 0.29) is 24.4 Å². The number of nitrogen functional groups attached to an aromatic ring is 1. The van der Waals surface area contributed by atoms with Gasteiger partial charge in [-0.05, 0) is 38.2 Å². The molecule has 14 heteroatoms. The number of aromatic nitrogens is 4. The Hall–Kier alpha value is -2.47. The van der Waals surface area contributed by atoms with Gasteiger partial charge in [-0.15, -0.1) is 4.52 Å². The number of halogens is 1. The van der Waals surface area contributed by atoms with Gasteiger partial charge in [-0.25, -0.2) is 9.37 Å². The molecule has 1 saturated heterocycles. The summed E-state index contributed by atoms with van der Waals surface area (Å²) in [6.07, 6.45) is 4.91. The van der Waals surface area contributed by atoms with Crippen molar-refractivity contribution in [3.8, 4) is 0 Å². The highest BCUT2D eigenvalue weighted by Gasteiger charge is 2.49. The number of nitrogens with zero attached hydrogens (tertiary/aromatic N) is 4. The molecule has 0 bridgehead atoms. The van der Waals surface area contributed by atoms with Gasteiger partial charge < -0.3 is 20.5 Å². The molecule has 1 unspecified atom stereocenters. The number of nitrogens with one attached hydrogen (secondary N) is 2. The molecule has 1 aliphatic carbocycles. The molecule has 0 amide bonds. The van der Waals surface area contributed by atoms with Crippen LogP contribution < -0.4 is 16.1 Å². The summed E-state index contributed by atoms with van der Waals surface area (Å²) >= 11 is 0. The maximum atomic E-state index is 15.6. The van der Waals surface area contributed by atoms with Crippen molar-refractivity contribution in [3.05, 3.63) is 6.33 Å². The van der Waals surface area contributed by atoms with Gasteiger partial charge in [0, 0.05) is 18.4 Å². The molecule has 0 aromatic carbocycles. The fourth-order valence-corrected chi connectivity index (χ4v) is 5.41. The monoisotopic (exact) mass is 526 g/mol. The topological polar surface area (TPSA) is 156 Å². The first-order chi connectivity index (χ1) is 17.0. The van der Waals surface area contributed by atoms with Crippen molar-refractivity contribution in [1.82, 2.24) is 24.6 Å². The average molecular weight is 527 g/mol. The quantitative estimate of drug-likeness (QED) is 0.307. The zero-order valence-corrected chi connectivity index (χ0v) is 21.8. The van der Waals surface area contributed by atoms with E-state index >= 15 is 4.39 Å². The van der Waals surface area contributed by atoms with Gasteiger partial charge in [-0.3, -0.25) is 9.36 Å². The number of carbonyl (C=O) groups excluding carboxylic acids is 1. The van der Waals surface area contributed by atoms with Crippen molar-refractivity contribution in [2.75, 3.05) is 17.7 Å². The van der Waals surface area contributed by atoms with E-state index in [4.69, 9.17) is 19.7 Å². The minimum absolute atomic E-state index is 0.000789. The SMILES string of the molecule is CC(C)OC(=O)[C@H](C)N[P+](=O)OC[C@]1(F)C[C@H](C)[C@H](n2cnc3c(NC4CCCC4)nc(N)nc32)O1. The number of hydrogen-bond acceptors (Lipinski definition) is 10. The Morgan fingerprint density at radius 2 is 2.08 bits per heavy atom. The van der Waals surface area contributed by atoms with Gasteiger partial charge in [-0.2, -0.15) is 9.97 Å². The highest BCUT2D eigenvalue weighted by molar-refractivity contribution is 7.36. The van der Waals surface area contributed by atoms with Crippen LogP contribution in [-0.4, -0.2) is 56.1 Å². The smallest absolute Gasteiger partial charge is 0.462 e. The van der Waals surface area contributed by atoms with Crippen LogP contribution in [0.5, 0.6) is 0 Å². The van der Waals surface area contributed by atoms with Gasteiger partial charge in [0.05, 0.1) is 12.4 Å². The normalized spacial score (nSPS) is 26.0. The van der Waals surface area contributed by atoms with E-state index in [9.17, 15) is 9.36 Å². The fourth-order valence-electron chi connectivity index (χ4n) is 4.61. The summed E-state index contributed by atoms with van der Waals surface area (Å²) in [6.45, 7) is 6.16. The summed E-state index contributed by atoms with van der Waals surface area (Å²) in [5.41, 5.74) is 6.95. The third-order valence-electron chi connectivity index (χ3n) is 6.26. The van der Waals surface area contributed by atoms with Crippen molar-refractivity contribution < 1.29 is 27.7 Å². The third kappa shape index (κ3) is 6.08. The van der Waals surface area contributed by atoms with E-state index in [0.717, 1.165) is 25.7 Å². The van der Waals surface area contributed by atoms with Crippen LogP contribution in [-0.2, 0) is 23.4 Å². The number of esters is 1. The Kier molecular flexibility index (Phi) is 8.03. The second kappa shape index (κ2) is 10.9.